The van der Waals surface area contributed by atoms with Crippen LogP contribution in [0.5, 0.6) is 0 Å². The SMILES string of the molecule is CC(C)(CNCc1nc2ccsc2c(=O)[nH]1)S(C)(=O)=O. The van der Waals surface area contributed by atoms with Gasteiger partial charge in [-0.15, -0.1) is 11.3 Å². The molecule has 2 aromatic heterocycles. The van der Waals surface area contributed by atoms with Crippen LogP contribution >= 0.6 is 11.3 Å². The zero-order valence-electron chi connectivity index (χ0n) is 11.6. The van der Waals surface area contributed by atoms with E-state index in [9.17, 15) is 13.2 Å². The summed E-state index contributed by atoms with van der Waals surface area (Å²) in [5, 5.41) is 4.84. The van der Waals surface area contributed by atoms with E-state index in [4.69, 9.17) is 0 Å². The third kappa shape index (κ3) is 3.08. The molecule has 0 atom stereocenters. The predicted molar refractivity (Wildman–Crippen MR) is 80.9 cm³/mol. The summed E-state index contributed by atoms with van der Waals surface area (Å²) in [7, 11) is -3.14. The summed E-state index contributed by atoms with van der Waals surface area (Å²) in [5.41, 5.74) is 0.502. The Bertz CT molecular complexity index is 775. The van der Waals surface area contributed by atoms with Gasteiger partial charge in [0.05, 0.1) is 16.8 Å². The summed E-state index contributed by atoms with van der Waals surface area (Å²) < 4.78 is 22.9. The summed E-state index contributed by atoms with van der Waals surface area (Å²) >= 11 is 1.35. The lowest BCUT2D eigenvalue weighted by molar-refractivity contribution is 0.517. The number of sulfone groups is 1. The van der Waals surface area contributed by atoms with Gasteiger partial charge in [0.2, 0.25) is 0 Å². The molecular formula is C12H17N3O3S2. The molecule has 6 nitrogen and oxygen atoms in total. The van der Waals surface area contributed by atoms with Gasteiger partial charge in [-0.05, 0) is 25.3 Å². The fourth-order valence-corrected chi connectivity index (χ4v) is 2.71. The monoisotopic (exact) mass is 315 g/mol. The maximum atomic E-state index is 11.8. The van der Waals surface area contributed by atoms with Crippen molar-refractivity contribution in [3.63, 3.8) is 0 Å². The van der Waals surface area contributed by atoms with E-state index in [0.29, 0.717) is 22.6 Å². The molecule has 0 radical (unpaired) electrons. The fourth-order valence-electron chi connectivity index (χ4n) is 1.62. The molecule has 0 aliphatic heterocycles. The minimum atomic E-state index is -3.14. The number of fused-ring (bicyclic) bond motifs is 1. The van der Waals surface area contributed by atoms with E-state index >= 15 is 0 Å². The number of H-pyrrole nitrogens is 1. The second kappa shape index (κ2) is 5.27. The molecule has 0 spiro atoms. The van der Waals surface area contributed by atoms with Crippen LogP contribution in [-0.4, -0.2) is 35.9 Å². The molecule has 0 aliphatic carbocycles. The number of nitrogens with zero attached hydrogens (tertiary/aromatic N) is 1. The van der Waals surface area contributed by atoms with Gasteiger partial charge in [0.25, 0.3) is 5.56 Å². The molecule has 2 rings (SSSR count). The zero-order valence-corrected chi connectivity index (χ0v) is 13.2. The molecule has 0 saturated carbocycles. The molecule has 8 heteroatoms. The standard InChI is InChI=1S/C12H17N3O3S2/c1-12(2,20(3,17)18)7-13-6-9-14-8-4-5-19-10(8)11(16)15-9/h4-5,13H,6-7H2,1-3H3,(H,14,15,16). The number of aromatic amines is 1. The highest BCUT2D eigenvalue weighted by Gasteiger charge is 2.29. The molecule has 2 N–H and O–H groups in total. The van der Waals surface area contributed by atoms with E-state index < -0.39 is 14.6 Å². The first-order valence-corrected chi connectivity index (χ1v) is 8.84. The first kappa shape index (κ1) is 15.1. The molecule has 0 fully saturated rings. The topological polar surface area (TPSA) is 91.9 Å². The number of rotatable bonds is 5. The number of thiophene rings is 1. The van der Waals surface area contributed by atoms with Gasteiger partial charge < -0.3 is 10.3 Å². The van der Waals surface area contributed by atoms with Gasteiger partial charge in [0.1, 0.15) is 10.5 Å². The van der Waals surface area contributed by atoms with Crippen LogP contribution in [0.1, 0.15) is 19.7 Å². The van der Waals surface area contributed by atoms with Crippen molar-refractivity contribution in [2.24, 2.45) is 0 Å². The van der Waals surface area contributed by atoms with Gasteiger partial charge in [-0.3, -0.25) is 4.79 Å². The average molecular weight is 315 g/mol. The smallest absolute Gasteiger partial charge is 0.268 e. The van der Waals surface area contributed by atoms with Gasteiger partial charge in [-0.1, -0.05) is 0 Å². The summed E-state index contributed by atoms with van der Waals surface area (Å²) in [6.07, 6.45) is 1.21. The second-order valence-electron chi connectivity index (χ2n) is 5.28. The van der Waals surface area contributed by atoms with E-state index in [1.165, 1.54) is 17.6 Å². The van der Waals surface area contributed by atoms with E-state index in [1.807, 2.05) is 5.38 Å². The van der Waals surface area contributed by atoms with Crippen LogP contribution in [0, 0.1) is 0 Å². The third-order valence-electron chi connectivity index (χ3n) is 3.21. The zero-order chi connectivity index (χ0) is 15.0. The Kier molecular flexibility index (Phi) is 3.99. The first-order valence-electron chi connectivity index (χ1n) is 6.07. The summed E-state index contributed by atoms with van der Waals surface area (Å²) in [5.74, 6) is 0.505. The Morgan fingerprint density at radius 1 is 1.45 bits per heavy atom. The number of hydrogen-bond acceptors (Lipinski definition) is 6. The van der Waals surface area contributed by atoms with Gasteiger partial charge >= 0.3 is 0 Å². The lowest BCUT2D eigenvalue weighted by Crippen LogP contribution is -2.41. The number of nitrogens with one attached hydrogen (secondary N) is 2. The van der Waals surface area contributed by atoms with Crippen molar-refractivity contribution in [1.82, 2.24) is 15.3 Å². The van der Waals surface area contributed by atoms with Crippen molar-refractivity contribution in [2.75, 3.05) is 12.8 Å². The van der Waals surface area contributed by atoms with E-state index in [1.54, 1.807) is 19.9 Å². The van der Waals surface area contributed by atoms with Gasteiger partial charge in [-0.2, -0.15) is 0 Å². The molecule has 0 aromatic carbocycles. The highest BCUT2D eigenvalue weighted by molar-refractivity contribution is 7.92. The Morgan fingerprint density at radius 2 is 2.15 bits per heavy atom. The molecule has 2 aromatic rings. The van der Waals surface area contributed by atoms with Crippen LogP contribution in [0.25, 0.3) is 10.2 Å². The minimum Gasteiger partial charge on any atom is -0.308 e. The summed E-state index contributed by atoms with van der Waals surface area (Å²) in [6.45, 7) is 3.93. The predicted octanol–water partition coefficient (Wildman–Crippen LogP) is 0.897. The van der Waals surface area contributed by atoms with Gasteiger partial charge in [0, 0.05) is 12.8 Å². The molecule has 0 aliphatic rings. The van der Waals surface area contributed by atoms with Crippen LogP contribution in [0.2, 0.25) is 0 Å². The fraction of sp³-hybridized carbons (Fsp3) is 0.500. The Hall–Kier alpha value is -1.25. The summed E-state index contributed by atoms with van der Waals surface area (Å²) in [4.78, 5) is 18.8. The van der Waals surface area contributed by atoms with E-state index in [2.05, 4.69) is 15.3 Å². The molecule has 110 valence electrons. The van der Waals surface area contributed by atoms with Crippen molar-refractivity contribution < 1.29 is 8.42 Å². The average Bonchev–Trinajstić information content (AvgIpc) is 2.75. The second-order valence-corrected chi connectivity index (χ2v) is 8.85. The van der Waals surface area contributed by atoms with Crippen LogP contribution in [0.3, 0.4) is 0 Å². The Balaban J connectivity index is 2.09. The molecule has 0 bridgehead atoms. The lowest BCUT2D eigenvalue weighted by Gasteiger charge is -2.22. The summed E-state index contributed by atoms with van der Waals surface area (Å²) in [6, 6.07) is 1.79. The normalized spacial score (nSPS) is 12.9. The van der Waals surface area contributed by atoms with Crippen molar-refractivity contribution in [3.05, 3.63) is 27.6 Å². The molecule has 0 unspecified atom stereocenters. The highest BCUT2D eigenvalue weighted by atomic mass is 32.2. The van der Waals surface area contributed by atoms with Crippen molar-refractivity contribution in [1.29, 1.82) is 0 Å². The largest absolute Gasteiger partial charge is 0.308 e. The maximum absolute atomic E-state index is 11.8. The quantitative estimate of drug-likeness (QED) is 0.855. The van der Waals surface area contributed by atoms with Crippen molar-refractivity contribution in [2.45, 2.75) is 25.1 Å². The Morgan fingerprint density at radius 3 is 2.80 bits per heavy atom. The minimum absolute atomic E-state index is 0.163. The van der Waals surface area contributed by atoms with E-state index in [0.717, 1.165) is 0 Å². The van der Waals surface area contributed by atoms with Crippen LogP contribution in [0.15, 0.2) is 16.2 Å². The van der Waals surface area contributed by atoms with Gasteiger partial charge in [0.15, 0.2) is 9.84 Å². The molecule has 20 heavy (non-hydrogen) atoms. The number of hydrogen-bond donors (Lipinski definition) is 2. The molecule has 0 amide bonds. The van der Waals surface area contributed by atoms with Gasteiger partial charge in [-0.25, -0.2) is 13.4 Å². The van der Waals surface area contributed by atoms with E-state index in [-0.39, 0.29) is 12.1 Å². The van der Waals surface area contributed by atoms with Crippen molar-refractivity contribution in [3.8, 4) is 0 Å². The number of aromatic nitrogens is 2. The maximum Gasteiger partial charge on any atom is 0.268 e. The molecular weight excluding hydrogens is 298 g/mol. The molecule has 2 heterocycles. The first-order chi connectivity index (χ1) is 9.21. The van der Waals surface area contributed by atoms with Crippen molar-refractivity contribution >= 4 is 31.4 Å². The van der Waals surface area contributed by atoms with Crippen LogP contribution in [0.4, 0.5) is 0 Å². The molecule has 0 saturated heterocycles. The van der Waals surface area contributed by atoms with Crippen LogP contribution in [-0.2, 0) is 16.4 Å². The Labute approximate surface area is 121 Å². The lowest BCUT2D eigenvalue weighted by atomic mass is 10.2. The highest BCUT2D eigenvalue weighted by Crippen LogP contribution is 2.15. The third-order valence-corrected chi connectivity index (χ3v) is 6.27. The van der Waals surface area contributed by atoms with Crippen LogP contribution < -0.4 is 10.9 Å².